The van der Waals surface area contributed by atoms with Gasteiger partial charge in [0, 0.05) is 21.2 Å². The van der Waals surface area contributed by atoms with Crippen LogP contribution in [0.15, 0.2) is 53.0 Å². The second-order valence-electron chi connectivity index (χ2n) is 3.67. The van der Waals surface area contributed by atoms with E-state index in [-0.39, 0.29) is 16.9 Å². The number of benzene rings is 2. The van der Waals surface area contributed by atoms with Gasteiger partial charge in [-0.15, -0.1) is 0 Å². The third-order valence-corrected chi connectivity index (χ3v) is 3.03. The Bertz CT molecular complexity index is 603. The zero-order chi connectivity index (χ0) is 13.1. The minimum atomic E-state index is -1.35. The number of rotatable bonds is 3. The van der Waals surface area contributed by atoms with Gasteiger partial charge in [0.15, 0.2) is 5.78 Å². The molecule has 0 atom stereocenters. The molecule has 0 amide bonds. The lowest BCUT2D eigenvalue weighted by Gasteiger charge is -2.09. The van der Waals surface area contributed by atoms with Gasteiger partial charge < -0.3 is 9.90 Å². The fourth-order valence-electron chi connectivity index (χ4n) is 1.62. The first-order valence-corrected chi connectivity index (χ1v) is 5.99. The van der Waals surface area contributed by atoms with Crippen LogP contribution in [0.4, 0.5) is 0 Å². The molecular formula is C14H8BrO3-. The first-order chi connectivity index (χ1) is 8.59. The maximum absolute atomic E-state index is 12.2. The highest BCUT2D eigenvalue weighted by atomic mass is 79.9. The van der Waals surface area contributed by atoms with Crippen molar-refractivity contribution in [1.29, 1.82) is 0 Å². The molecule has 0 bridgehead atoms. The summed E-state index contributed by atoms with van der Waals surface area (Å²) in [7, 11) is 0. The maximum atomic E-state index is 12.2. The molecule has 0 heterocycles. The molecule has 0 aliphatic carbocycles. The SMILES string of the molecule is O=C([O-])c1ccccc1C(=O)c1ccc(Br)cc1. The first-order valence-electron chi connectivity index (χ1n) is 5.20. The number of hydrogen-bond acceptors (Lipinski definition) is 3. The molecule has 0 aromatic heterocycles. The minimum absolute atomic E-state index is 0.0922. The Labute approximate surface area is 112 Å². The molecule has 2 aromatic rings. The Morgan fingerprint density at radius 3 is 2.00 bits per heavy atom. The minimum Gasteiger partial charge on any atom is -0.545 e. The molecule has 0 aliphatic heterocycles. The average molecular weight is 304 g/mol. The molecule has 0 spiro atoms. The monoisotopic (exact) mass is 303 g/mol. The fourth-order valence-corrected chi connectivity index (χ4v) is 1.88. The van der Waals surface area contributed by atoms with Crippen LogP contribution in [0, 0.1) is 0 Å². The van der Waals surface area contributed by atoms with Crippen LogP contribution in [-0.2, 0) is 0 Å². The van der Waals surface area contributed by atoms with E-state index in [1.54, 1.807) is 36.4 Å². The van der Waals surface area contributed by atoms with Gasteiger partial charge in [-0.1, -0.05) is 40.2 Å². The van der Waals surface area contributed by atoms with Gasteiger partial charge in [-0.2, -0.15) is 0 Å². The predicted octanol–water partition coefficient (Wildman–Crippen LogP) is 2.04. The van der Waals surface area contributed by atoms with E-state index in [1.165, 1.54) is 12.1 Å². The van der Waals surface area contributed by atoms with E-state index in [9.17, 15) is 14.7 Å². The van der Waals surface area contributed by atoms with E-state index in [0.717, 1.165) is 4.47 Å². The second kappa shape index (κ2) is 5.14. The zero-order valence-electron chi connectivity index (χ0n) is 9.22. The molecule has 4 heteroatoms. The standard InChI is InChI=1S/C14H9BrO3/c15-10-7-5-9(6-8-10)13(16)11-3-1-2-4-12(11)14(17)18/h1-8H,(H,17,18)/p-1. The summed E-state index contributed by atoms with van der Waals surface area (Å²) in [6.45, 7) is 0. The molecule has 2 aromatic carbocycles. The summed E-state index contributed by atoms with van der Waals surface area (Å²) in [6, 6.07) is 12.8. The number of hydrogen-bond donors (Lipinski definition) is 0. The molecule has 90 valence electrons. The van der Waals surface area contributed by atoms with Crippen LogP contribution < -0.4 is 5.11 Å². The van der Waals surface area contributed by atoms with Crippen LogP contribution in [0.2, 0.25) is 0 Å². The van der Waals surface area contributed by atoms with Crippen molar-refractivity contribution in [2.75, 3.05) is 0 Å². The van der Waals surface area contributed by atoms with Crippen molar-refractivity contribution in [3.8, 4) is 0 Å². The Morgan fingerprint density at radius 2 is 1.44 bits per heavy atom. The van der Waals surface area contributed by atoms with Gasteiger partial charge in [0.2, 0.25) is 0 Å². The Balaban J connectivity index is 2.46. The Hall–Kier alpha value is -1.94. The largest absolute Gasteiger partial charge is 0.545 e. The van der Waals surface area contributed by atoms with Crippen LogP contribution in [0.3, 0.4) is 0 Å². The van der Waals surface area contributed by atoms with Crippen molar-refractivity contribution in [2.45, 2.75) is 0 Å². The number of aromatic carboxylic acids is 1. The molecule has 0 aliphatic rings. The van der Waals surface area contributed by atoms with Crippen LogP contribution >= 0.6 is 15.9 Å². The normalized spacial score (nSPS) is 10.1. The fraction of sp³-hybridized carbons (Fsp3) is 0. The summed E-state index contributed by atoms with van der Waals surface area (Å²) in [5.41, 5.74) is 0.483. The van der Waals surface area contributed by atoms with E-state index < -0.39 is 5.97 Å². The summed E-state index contributed by atoms with van der Waals surface area (Å²) >= 11 is 3.27. The highest BCUT2D eigenvalue weighted by Gasteiger charge is 2.13. The van der Waals surface area contributed by atoms with Crippen molar-refractivity contribution in [3.05, 3.63) is 69.7 Å². The molecular weight excluding hydrogens is 296 g/mol. The number of halogens is 1. The quantitative estimate of drug-likeness (QED) is 0.815. The van der Waals surface area contributed by atoms with Crippen LogP contribution in [0.5, 0.6) is 0 Å². The number of ketones is 1. The lowest BCUT2D eigenvalue weighted by molar-refractivity contribution is -0.255. The van der Waals surface area contributed by atoms with Gasteiger partial charge >= 0.3 is 0 Å². The predicted molar refractivity (Wildman–Crippen MR) is 68.3 cm³/mol. The second-order valence-corrected chi connectivity index (χ2v) is 4.58. The summed E-state index contributed by atoms with van der Waals surface area (Å²) in [4.78, 5) is 23.1. The van der Waals surface area contributed by atoms with Crippen LogP contribution in [-0.4, -0.2) is 11.8 Å². The zero-order valence-corrected chi connectivity index (χ0v) is 10.8. The third kappa shape index (κ3) is 2.49. The number of carboxylic acids is 1. The molecule has 0 unspecified atom stereocenters. The highest BCUT2D eigenvalue weighted by Crippen LogP contribution is 2.16. The van der Waals surface area contributed by atoms with Crippen LogP contribution in [0.1, 0.15) is 26.3 Å². The summed E-state index contributed by atoms with van der Waals surface area (Å²) in [5, 5.41) is 10.9. The number of carbonyl (C=O) groups is 2. The molecule has 0 radical (unpaired) electrons. The van der Waals surface area contributed by atoms with Crippen molar-refractivity contribution < 1.29 is 14.7 Å². The molecule has 0 fully saturated rings. The highest BCUT2D eigenvalue weighted by molar-refractivity contribution is 9.10. The third-order valence-electron chi connectivity index (χ3n) is 2.50. The number of carbonyl (C=O) groups excluding carboxylic acids is 2. The smallest absolute Gasteiger partial charge is 0.193 e. The van der Waals surface area contributed by atoms with E-state index in [2.05, 4.69) is 15.9 Å². The molecule has 2 rings (SSSR count). The van der Waals surface area contributed by atoms with Gasteiger partial charge in [-0.3, -0.25) is 4.79 Å². The van der Waals surface area contributed by atoms with Crippen LogP contribution in [0.25, 0.3) is 0 Å². The Kier molecular flexibility index (Phi) is 3.58. The van der Waals surface area contributed by atoms with Crippen molar-refractivity contribution >= 4 is 27.7 Å². The lowest BCUT2D eigenvalue weighted by Crippen LogP contribution is -2.25. The summed E-state index contributed by atoms with van der Waals surface area (Å²) in [6.07, 6.45) is 0. The average Bonchev–Trinajstić information content (AvgIpc) is 2.39. The molecule has 0 saturated carbocycles. The van der Waals surface area contributed by atoms with E-state index in [1.807, 2.05) is 0 Å². The molecule has 0 saturated heterocycles. The van der Waals surface area contributed by atoms with Gasteiger partial charge in [0.05, 0.1) is 5.97 Å². The van der Waals surface area contributed by atoms with Gasteiger partial charge in [0.1, 0.15) is 0 Å². The molecule has 3 nitrogen and oxygen atoms in total. The topological polar surface area (TPSA) is 57.2 Å². The van der Waals surface area contributed by atoms with E-state index in [4.69, 9.17) is 0 Å². The van der Waals surface area contributed by atoms with Crippen molar-refractivity contribution in [3.63, 3.8) is 0 Å². The van der Waals surface area contributed by atoms with Gasteiger partial charge in [-0.25, -0.2) is 0 Å². The summed E-state index contributed by atoms with van der Waals surface area (Å²) < 4.78 is 0.854. The summed E-state index contributed by atoms with van der Waals surface area (Å²) in [5.74, 6) is -1.68. The number of carboxylic acid groups (broad SMARTS) is 1. The molecule has 0 N–H and O–H groups in total. The van der Waals surface area contributed by atoms with Crippen molar-refractivity contribution in [2.24, 2.45) is 0 Å². The van der Waals surface area contributed by atoms with Gasteiger partial charge in [0.25, 0.3) is 0 Å². The maximum Gasteiger partial charge on any atom is 0.193 e. The lowest BCUT2D eigenvalue weighted by atomic mass is 9.98. The van der Waals surface area contributed by atoms with E-state index >= 15 is 0 Å². The Morgan fingerprint density at radius 1 is 0.889 bits per heavy atom. The first kappa shape index (κ1) is 12.5. The van der Waals surface area contributed by atoms with Crippen molar-refractivity contribution in [1.82, 2.24) is 0 Å². The molecule has 18 heavy (non-hydrogen) atoms. The van der Waals surface area contributed by atoms with E-state index in [0.29, 0.717) is 5.56 Å². The van der Waals surface area contributed by atoms with Gasteiger partial charge in [-0.05, 0) is 24.3 Å².